The number of nitrogens with one attached hydrogen (secondary N) is 1. The third-order valence-corrected chi connectivity index (χ3v) is 6.60. The van der Waals surface area contributed by atoms with E-state index in [0.29, 0.717) is 26.9 Å². The van der Waals surface area contributed by atoms with E-state index >= 15 is 0 Å². The van der Waals surface area contributed by atoms with E-state index in [1.165, 1.54) is 11.3 Å². The molecule has 1 aromatic heterocycles. The molecule has 6 nitrogen and oxygen atoms in total. The third kappa shape index (κ3) is 6.98. The van der Waals surface area contributed by atoms with Crippen molar-refractivity contribution in [1.29, 1.82) is 0 Å². The Morgan fingerprint density at radius 3 is 2.35 bits per heavy atom. The maximum absolute atomic E-state index is 13.0. The third-order valence-electron chi connectivity index (χ3n) is 5.36. The summed E-state index contributed by atoms with van der Waals surface area (Å²) >= 11 is 7.34. The van der Waals surface area contributed by atoms with Gasteiger partial charge in [-0.15, -0.1) is 24.1 Å². The van der Waals surface area contributed by atoms with Crippen LogP contribution in [0.5, 0.6) is 0 Å². The zero-order valence-electron chi connectivity index (χ0n) is 20.5. The number of amides is 1. The molecular weight excluding hydrogens is 525 g/mol. The van der Waals surface area contributed by atoms with Crippen molar-refractivity contribution in [2.24, 2.45) is 10.2 Å². The molecule has 0 unspecified atom stereocenters. The molecule has 0 aliphatic rings. The second kappa shape index (κ2) is 13.1. The van der Waals surface area contributed by atoms with Gasteiger partial charge in [-0.25, -0.2) is 0 Å². The maximum atomic E-state index is 13.0. The van der Waals surface area contributed by atoms with Crippen molar-refractivity contribution in [2.45, 2.75) is 6.54 Å². The summed E-state index contributed by atoms with van der Waals surface area (Å²) in [4.78, 5) is 15.7. The number of thiazole rings is 1. The van der Waals surface area contributed by atoms with E-state index in [9.17, 15) is 4.79 Å². The van der Waals surface area contributed by atoms with Crippen LogP contribution in [0.3, 0.4) is 0 Å². The normalized spacial score (nSPS) is 11.3. The molecule has 0 spiro atoms. The Bertz CT molecular complexity index is 1440. The lowest BCUT2D eigenvalue weighted by atomic mass is 10.1. The lowest BCUT2D eigenvalue weighted by Crippen LogP contribution is -2.15. The molecule has 0 bridgehead atoms. The lowest BCUT2D eigenvalue weighted by Gasteiger charge is -2.11. The van der Waals surface area contributed by atoms with Gasteiger partial charge in [0, 0.05) is 42.5 Å². The summed E-state index contributed by atoms with van der Waals surface area (Å²) in [5, 5.41) is 13.1. The summed E-state index contributed by atoms with van der Waals surface area (Å²) in [6.07, 6.45) is 3.51. The number of nitrogens with zero attached hydrogens (tertiary/aromatic N) is 4. The fraction of sp³-hybridized carbons (Fsp3) is 0.107. The van der Waals surface area contributed by atoms with Crippen LogP contribution in [0.4, 0.5) is 10.7 Å². The predicted molar refractivity (Wildman–Crippen MR) is 159 cm³/mol. The summed E-state index contributed by atoms with van der Waals surface area (Å²) < 4.78 is 2.00. The molecule has 0 fully saturated rings. The minimum absolute atomic E-state index is 0. The van der Waals surface area contributed by atoms with Crippen LogP contribution in [-0.4, -0.2) is 30.8 Å². The molecule has 0 aliphatic carbocycles. The number of anilines is 2. The van der Waals surface area contributed by atoms with E-state index in [1.54, 1.807) is 36.6 Å². The topological polar surface area (TPSA) is 62.0 Å². The van der Waals surface area contributed by atoms with Gasteiger partial charge in [0.25, 0.3) is 5.91 Å². The van der Waals surface area contributed by atoms with Crippen LogP contribution in [0.1, 0.15) is 15.9 Å². The molecule has 0 radical (unpaired) electrons. The van der Waals surface area contributed by atoms with Crippen molar-refractivity contribution < 1.29 is 4.79 Å². The average molecular weight is 553 g/mol. The fourth-order valence-electron chi connectivity index (χ4n) is 3.53. The fourth-order valence-corrected chi connectivity index (χ4v) is 4.67. The largest absolute Gasteiger partial charge is 0.378 e. The molecule has 9 heteroatoms. The van der Waals surface area contributed by atoms with Gasteiger partial charge in [0.15, 0.2) is 0 Å². The summed E-state index contributed by atoms with van der Waals surface area (Å²) in [5.41, 5.74) is 4.36. The Kier molecular flexibility index (Phi) is 9.85. The predicted octanol–water partition coefficient (Wildman–Crippen LogP) is 6.73. The molecule has 0 saturated heterocycles. The number of rotatable bonds is 8. The van der Waals surface area contributed by atoms with Crippen LogP contribution in [0.2, 0.25) is 5.02 Å². The van der Waals surface area contributed by atoms with Crippen LogP contribution >= 0.6 is 35.3 Å². The van der Waals surface area contributed by atoms with Crippen LogP contribution in [-0.2, 0) is 6.54 Å². The highest BCUT2D eigenvalue weighted by molar-refractivity contribution is 7.14. The SMILES string of the molecule is C=CCn1c(-c2ccccc2)c(NC(=O)c2ccc(Cl)cc2)s/c1=N\N=C\c1ccc(N(C)C)cc1.Cl. The van der Waals surface area contributed by atoms with Gasteiger partial charge < -0.3 is 14.8 Å². The number of carbonyl (C=O) groups excluding carboxylic acids is 1. The molecule has 4 aromatic rings. The van der Waals surface area contributed by atoms with Crippen molar-refractivity contribution in [2.75, 3.05) is 24.3 Å². The Labute approximate surface area is 231 Å². The first-order chi connectivity index (χ1) is 17.5. The highest BCUT2D eigenvalue weighted by atomic mass is 35.5. The van der Waals surface area contributed by atoms with Gasteiger partial charge in [0.2, 0.25) is 4.80 Å². The summed E-state index contributed by atoms with van der Waals surface area (Å²) in [6, 6.07) is 24.7. The molecule has 0 atom stereocenters. The minimum Gasteiger partial charge on any atom is -0.378 e. The molecule has 0 saturated carbocycles. The van der Waals surface area contributed by atoms with Gasteiger partial charge in [-0.2, -0.15) is 5.10 Å². The standard InChI is InChI=1S/C28H26ClN5OS.ClH/c1-4-18-34-25(21-8-6-5-7-9-21)27(31-26(35)22-12-14-23(29)15-13-22)36-28(34)32-30-19-20-10-16-24(17-11-20)33(2)3;/h4-17,19H,1,18H2,2-3H3,(H,31,35);1H/b30-19+,32-28-;. The second-order valence-corrected chi connectivity index (χ2v) is 9.53. The van der Waals surface area contributed by atoms with E-state index < -0.39 is 0 Å². The molecule has 1 N–H and O–H groups in total. The Morgan fingerprint density at radius 2 is 1.73 bits per heavy atom. The van der Waals surface area contributed by atoms with Crippen molar-refractivity contribution in [3.63, 3.8) is 0 Å². The lowest BCUT2D eigenvalue weighted by molar-refractivity contribution is 0.102. The van der Waals surface area contributed by atoms with Crippen molar-refractivity contribution >= 4 is 58.2 Å². The maximum Gasteiger partial charge on any atom is 0.256 e. The highest BCUT2D eigenvalue weighted by Crippen LogP contribution is 2.31. The molecule has 1 heterocycles. The first-order valence-electron chi connectivity index (χ1n) is 11.3. The molecule has 0 aliphatic heterocycles. The number of aromatic nitrogens is 1. The Morgan fingerprint density at radius 1 is 1.05 bits per heavy atom. The molecule has 37 heavy (non-hydrogen) atoms. The Hall–Kier alpha value is -3.65. The molecule has 3 aromatic carbocycles. The van der Waals surface area contributed by atoms with E-state index in [0.717, 1.165) is 22.5 Å². The number of carbonyl (C=O) groups is 1. The first-order valence-corrected chi connectivity index (χ1v) is 12.5. The summed E-state index contributed by atoms with van der Waals surface area (Å²) in [6.45, 7) is 4.41. The van der Waals surface area contributed by atoms with E-state index in [-0.39, 0.29) is 18.3 Å². The van der Waals surface area contributed by atoms with Crippen LogP contribution in [0.15, 0.2) is 102 Å². The van der Waals surface area contributed by atoms with Gasteiger partial charge in [-0.3, -0.25) is 4.79 Å². The van der Waals surface area contributed by atoms with E-state index in [1.807, 2.05) is 78.2 Å². The number of benzene rings is 3. The number of hydrogen-bond acceptors (Lipinski definition) is 5. The highest BCUT2D eigenvalue weighted by Gasteiger charge is 2.18. The van der Waals surface area contributed by atoms with Gasteiger partial charge in [0.05, 0.1) is 11.9 Å². The number of hydrogen-bond donors (Lipinski definition) is 1. The van der Waals surface area contributed by atoms with Crippen LogP contribution in [0, 0.1) is 0 Å². The second-order valence-electron chi connectivity index (χ2n) is 8.12. The summed E-state index contributed by atoms with van der Waals surface area (Å²) in [5.74, 6) is -0.230. The van der Waals surface area contributed by atoms with Gasteiger partial charge in [-0.1, -0.05) is 71.5 Å². The minimum atomic E-state index is -0.230. The van der Waals surface area contributed by atoms with Crippen LogP contribution in [0.25, 0.3) is 11.3 Å². The molecule has 1 amide bonds. The van der Waals surface area contributed by atoms with E-state index in [2.05, 4.69) is 22.1 Å². The monoisotopic (exact) mass is 551 g/mol. The van der Waals surface area contributed by atoms with Gasteiger partial charge in [-0.05, 0) is 42.0 Å². The number of halogens is 2. The summed E-state index contributed by atoms with van der Waals surface area (Å²) in [7, 11) is 4.00. The van der Waals surface area contributed by atoms with Crippen molar-refractivity contribution in [1.82, 2.24) is 4.57 Å². The zero-order chi connectivity index (χ0) is 25.5. The first kappa shape index (κ1) is 27.9. The molecule has 190 valence electrons. The smallest absolute Gasteiger partial charge is 0.256 e. The van der Waals surface area contributed by atoms with Crippen molar-refractivity contribution in [3.05, 3.63) is 112 Å². The zero-order valence-corrected chi connectivity index (χ0v) is 22.9. The molecule has 4 rings (SSSR count). The van der Waals surface area contributed by atoms with Crippen molar-refractivity contribution in [3.8, 4) is 11.3 Å². The number of allylic oxidation sites excluding steroid dienone is 1. The van der Waals surface area contributed by atoms with Crippen LogP contribution < -0.4 is 15.0 Å². The average Bonchev–Trinajstić information content (AvgIpc) is 3.21. The van der Waals surface area contributed by atoms with E-state index in [4.69, 9.17) is 11.6 Å². The molecular formula is C28H27Cl2N5OS. The van der Waals surface area contributed by atoms with Gasteiger partial charge >= 0.3 is 0 Å². The quantitative estimate of drug-likeness (QED) is 0.150. The Balaban J connectivity index is 0.00000380. The van der Waals surface area contributed by atoms with Gasteiger partial charge in [0.1, 0.15) is 5.00 Å².